The second-order valence-electron chi connectivity index (χ2n) is 7.29. The molecule has 0 unspecified atom stereocenters. The van der Waals surface area contributed by atoms with Crippen molar-refractivity contribution in [3.05, 3.63) is 42.6 Å². The summed E-state index contributed by atoms with van der Waals surface area (Å²) < 4.78 is 82.1. The topological polar surface area (TPSA) is 130 Å². The van der Waals surface area contributed by atoms with Crippen LogP contribution in [0.25, 0.3) is 28.5 Å². The number of hydrogen-bond acceptors (Lipinski definition) is 9. The monoisotopic (exact) mass is 524 g/mol. The highest BCUT2D eigenvalue weighted by Crippen LogP contribution is 2.38. The molecule has 11 nitrogen and oxygen atoms in total. The van der Waals surface area contributed by atoms with Gasteiger partial charge in [0.2, 0.25) is 15.9 Å². The van der Waals surface area contributed by atoms with Crippen molar-refractivity contribution in [2.24, 2.45) is 0 Å². The third-order valence-corrected chi connectivity index (χ3v) is 5.23. The zero-order chi connectivity index (χ0) is 26.1. The SMILES string of the molecule is COc1cccc(OC)c1-n1c(-c2cccc(OC(F)(F)CF)n2)nc2ncc(NS(C)(=O)=O)nc21. The number of para-hydroxylation sites is 1. The normalized spacial score (nSPS) is 11.9. The predicted octanol–water partition coefficient (Wildman–Crippen LogP) is 3.21. The van der Waals surface area contributed by atoms with Gasteiger partial charge >= 0.3 is 6.11 Å². The second-order valence-corrected chi connectivity index (χ2v) is 9.04. The maximum absolute atomic E-state index is 13.5. The van der Waals surface area contributed by atoms with E-state index >= 15 is 0 Å². The van der Waals surface area contributed by atoms with Crippen LogP contribution in [0.5, 0.6) is 17.4 Å². The van der Waals surface area contributed by atoms with Crippen molar-refractivity contribution in [1.82, 2.24) is 24.5 Å². The van der Waals surface area contributed by atoms with Crippen LogP contribution in [0.2, 0.25) is 0 Å². The molecule has 3 heterocycles. The first-order valence-electron chi connectivity index (χ1n) is 10.1. The van der Waals surface area contributed by atoms with Crippen LogP contribution in [0.3, 0.4) is 0 Å². The fraction of sp³-hybridized carbons (Fsp3) is 0.238. The van der Waals surface area contributed by atoms with Gasteiger partial charge in [-0.1, -0.05) is 12.1 Å². The Morgan fingerprint density at radius 1 is 1.03 bits per heavy atom. The highest BCUT2D eigenvalue weighted by molar-refractivity contribution is 7.92. The molecule has 0 aliphatic rings. The summed E-state index contributed by atoms with van der Waals surface area (Å²) in [5.74, 6) is 0.0303. The van der Waals surface area contributed by atoms with Gasteiger partial charge in [0, 0.05) is 6.07 Å². The molecule has 0 bridgehead atoms. The van der Waals surface area contributed by atoms with E-state index < -0.39 is 28.7 Å². The molecule has 0 amide bonds. The van der Waals surface area contributed by atoms with Crippen molar-refractivity contribution in [3.8, 4) is 34.6 Å². The fourth-order valence-electron chi connectivity index (χ4n) is 3.30. The predicted molar refractivity (Wildman–Crippen MR) is 123 cm³/mol. The Morgan fingerprint density at radius 2 is 1.69 bits per heavy atom. The van der Waals surface area contributed by atoms with E-state index in [1.165, 1.54) is 37.1 Å². The zero-order valence-electron chi connectivity index (χ0n) is 19.1. The van der Waals surface area contributed by atoms with Crippen LogP contribution in [0.4, 0.5) is 19.0 Å². The van der Waals surface area contributed by atoms with Gasteiger partial charge in [-0.05, 0) is 18.2 Å². The van der Waals surface area contributed by atoms with Crippen LogP contribution in [0, 0.1) is 0 Å². The number of rotatable bonds is 9. The number of nitrogens with one attached hydrogen (secondary N) is 1. The van der Waals surface area contributed by atoms with Gasteiger partial charge < -0.3 is 14.2 Å². The first-order valence-corrected chi connectivity index (χ1v) is 12.0. The van der Waals surface area contributed by atoms with Gasteiger partial charge in [0.25, 0.3) is 0 Å². The highest BCUT2D eigenvalue weighted by atomic mass is 32.2. The van der Waals surface area contributed by atoms with Crippen molar-refractivity contribution in [1.29, 1.82) is 0 Å². The van der Waals surface area contributed by atoms with Gasteiger partial charge in [-0.2, -0.15) is 8.78 Å². The summed E-state index contributed by atoms with van der Waals surface area (Å²) in [4.78, 5) is 17.0. The smallest absolute Gasteiger partial charge is 0.428 e. The van der Waals surface area contributed by atoms with Crippen molar-refractivity contribution >= 4 is 27.1 Å². The Morgan fingerprint density at radius 3 is 2.31 bits per heavy atom. The van der Waals surface area contributed by atoms with E-state index in [-0.39, 0.29) is 28.6 Å². The van der Waals surface area contributed by atoms with E-state index in [1.54, 1.807) is 18.2 Å². The first kappa shape index (κ1) is 25.0. The summed E-state index contributed by atoms with van der Waals surface area (Å²) in [7, 11) is -0.838. The van der Waals surface area contributed by atoms with Gasteiger partial charge in [0.15, 0.2) is 29.6 Å². The molecule has 1 aromatic carbocycles. The van der Waals surface area contributed by atoms with E-state index in [4.69, 9.17) is 9.47 Å². The molecule has 15 heteroatoms. The highest BCUT2D eigenvalue weighted by Gasteiger charge is 2.32. The summed E-state index contributed by atoms with van der Waals surface area (Å²) in [6.07, 6.45) is -1.96. The first-order chi connectivity index (χ1) is 17.0. The number of hydrogen-bond donors (Lipinski definition) is 1. The molecule has 4 rings (SSSR count). The Labute approximate surface area is 202 Å². The summed E-state index contributed by atoms with van der Waals surface area (Å²) >= 11 is 0. The number of halogens is 3. The van der Waals surface area contributed by atoms with Gasteiger partial charge in [0.05, 0.1) is 26.7 Å². The summed E-state index contributed by atoms with van der Waals surface area (Å²) in [5.41, 5.74) is 0.475. The van der Waals surface area contributed by atoms with Gasteiger partial charge in [-0.3, -0.25) is 9.29 Å². The zero-order valence-corrected chi connectivity index (χ0v) is 19.9. The average Bonchev–Trinajstić information content (AvgIpc) is 3.20. The van der Waals surface area contributed by atoms with E-state index in [1.807, 2.05) is 0 Å². The van der Waals surface area contributed by atoms with Crippen LogP contribution in [-0.2, 0) is 10.0 Å². The lowest BCUT2D eigenvalue weighted by Gasteiger charge is -2.17. The molecule has 0 radical (unpaired) electrons. The number of ether oxygens (including phenoxy) is 3. The standard InChI is InChI=1S/C21H19F3N6O5S/c1-33-13-7-5-8-14(34-2)17(13)30-19(12-6-4-9-16(26-12)35-21(23,24)11-22)28-18-20(30)27-15(10-25-18)29-36(3,31)32/h4-10H,11H2,1-3H3,(H,27,29). The van der Waals surface area contributed by atoms with Crippen molar-refractivity contribution in [2.45, 2.75) is 6.11 Å². The minimum absolute atomic E-state index is 0.0348. The number of alkyl halides is 3. The molecular weight excluding hydrogens is 505 g/mol. The van der Waals surface area contributed by atoms with E-state index in [9.17, 15) is 21.6 Å². The number of sulfonamides is 1. The molecular formula is C21H19F3N6O5S. The average molecular weight is 524 g/mol. The molecule has 0 atom stereocenters. The summed E-state index contributed by atoms with van der Waals surface area (Å²) in [5, 5.41) is 0. The number of imidazole rings is 1. The quantitative estimate of drug-likeness (QED) is 0.351. The maximum Gasteiger partial charge on any atom is 0.428 e. The Hall–Kier alpha value is -4.14. The van der Waals surface area contributed by atoms with E-state index in [2.05, 4.69) is 29.4 Å². The second kappa shape index (κ2) is 9.49. The van der Waals surface area contributed by atoms with Crippen LogP contribution >= 0.6 is 0 Å². The largest absolute Gasteiger partial charge is 0.494 e. The lowest BCUT2D eigenvalue weighted by molar-refractivity contribution is -0.188. The molecule has 0 spiro atoms. The number of fused-ring (bicyclic) bond motifs is 1. The number of benzene rings is 1. The number of nitrogens with zero attached hydrogens (tertiary/aromatic N) is 5. The Kier molecular flexibility index (Phi) is 6.58. The fourth-order valence-corrected chi connectivity index (χ4v) is 3.78. The third kappa shape index (κ3) is 5.10. The van der Waals surface area contributed by atoms with Crippen molar-refractivity contribution < 1.29 is 35.8 Å². The van der Waals surface area contributed by atoms with Crippen LogP contribution in [0.1, 0.15) is 0 Å². The van der Waals surface area contributed by atoms with E-state index in [0.29, 0.717) is 17.2 Å². The van der Waals surface area contributed by atoms with E-state index in [0.717, 1.165) is 12.3 Å². The van der Waals surface area contributed by atoms with Gasteiger partial charge in [-0.15, -0.1) is 0 Å². The molecule has 0 saturated carbocycles. The number of anilines is 1. The molecule has 1 N–H and O–H groups in total. The van der Waals surface area contributed by atoms with Gasteiger partial charge in [-0.25, -0.2) is 32.7 Å². The lowest BCUT2D eigenvalue weighted by atomic mass is 10.2. The Bertz CT molecular complexity index is 1510. The van der Waals surface area contributed by atoms with Crippen molar-refractivity contribution in [3.63, 3.8) is 0 Å². The third-order valence-electron chi connectivity index (χ3n) is 4.65. The molecule has 4 aromatic rings. The molecule has 0 saturated heterocycles. The van der Waals surface area contributed by atoms with Crippen LogP contribution in [0.15, 0.2) is 42.6 Å². The number of aromatic nitrogens is 5. The number of pyridine rings is 1. The number of methoxy groups -OCH3 is 2. The molecule has 0 aliphatic carbocycles. The molecule has 3 aromatic heterocycles. The Balaban J connectivity index is 2.01. The molecule has 0 fully saturated rings. The summed E-state index contributed by atoms with van der Waals surface area (Å²) in [6, 6.07) is 8.90. The molecule has 190 valence electrons. The lowest BCUT2D eigenvalue weighted by Crippen LogP contribution is -2.27. The van der Waals surface area contributed by atoms with Crippen LogP contribution < -0.4 is 18.9 Å². The van der Waals surface area contributed by atoms with Crippen LogP contribution in [-0.4, -0.2) is 66.2 Å². The molecule has 0 aliphatic heterocycles. The molecule has 36 heavy (non-hydrogen) atoms. The minimum Gasteiger partial charge on any atom is -0.494 e. The van der Waals surface area contributed by atoms with Gasteiger partial charge in [0.1, 0.15) is 22.9 Å². The van der Waals surface area contributed by atoms with Crippen molar-refractivity contribution in [2.75, 3.05) is 31.9 Å². The maximum atomic E-state index is 13.5. The summed E-state index contributed by atoms with van der Waals surface area (Å²) in [6.45, 7) is -2.04. The minimum atomic E-state index is -4.08.